The third-order valence-electron chi connectivity index (χ3n) is 11.0. The van der Waals surface area contributed by atoms with Gasteiger partial charge in [0.05, 0.1) is 23.9 Å². The van der Waals surface area contributed by atoms with Crippen molar-refractivity contribution < 1.29 is 24.9 Å². The second-order valence-corrected chi connectivity index (χ2v) is 12.5. The molecule has 4 fully saturated rings. The summed E-state index contributed by atoms with van der Waals surface area (Å²) in [5.74, 6) is 0.180. The number of ether oxygens (including phenoxy) is 1. The fourth-order valence-corrected chi connectivity index (χ4v) is 8.77. The summed E-state index contributed by atoms with van der Waals surface area (Å²) in [7, 11) is 2.18. The van der Waals surface area contributed by atoms with Crippen molar-refractivity contribution in [3.63, 3.8) is 0 Å². The molecule has 3 saturated carbocycles. The molecule has 4 aliphatic carbocycles. The zero-order valence-corrected chi connectivity index (χ0v) is 20.8. The number of likely N-dealkylation sites (N-methyl/N-ethyl adjacent to an activating group) is 1. The van der Waals surface area contributed by atoms with E-state index in [2.05, 4.69) is 32.7 Å². The molecule has 0 aromatic carbocycles. The number of aliphatic hydroxyl groups is 3. The molecule has 0 bridgehead atoms. The highest BCUT2D eigenvalue weighted by Crippen LogP contribution is 2.67. The molecule has 33 heavy (non-hydrogen) atoms. The van der Waals surface area contributed by atoms with Crippen LogP contribution in [0.15, 0.2) is 11.6 Å². The summed E-state index contributed by atoms with van der Waals surface area (Å²) in [5.41, 5.74) is -0.753. The second-order valence-electron chi connectivity index (χ2n) is 12.5. The third-order valence-corrected chi connectivity index (χ3v) is 11.0. The first kappa shape index (κ1) is 23.9. The number of rotatable bonds is 4. The molecule has 0 amide bonds. The van der Waals surface area contributed by atoms with E-state index in [9.17, 15) is 20.1 Å². The van der Waals surface area contributed by atoms with Crippen LogP contribution in [0.2, 0.25) is 0 Å². The molecule has 186 valence electrons. The summed E-state index contributed by atoms with van der Waals surface area (Å²) in [6, 6.07) is 0.319. The van der Waals surface area contributed by atoms with Gasteiger partial charge in [-0.15, -0.1) is 0 Å². The summed E-state index contributed by atoms with van der Waals surface area (Å²) < 4.78 is 5.87. The van der Waals surface area contributed by atoms with Crippen LogP contribution in [0.25, 0.3) is 0 Å². The quantitative estimate of drug-likeness (QED) is 0.596. The molecule has 0 aromatic rings. The van der Waals surface area contributed by atoms with E-state index in [0.717, 1.165) is 50.8 Å². The van der Waals surface area contributed by atoms with E-state index in [1.54, 1.807) is 6.08 Å². The Bertz CT molecular complexity index is 823. The highest BCUT2D eigenvalue weighted by atomic mass is 16.5. The Morgan fingerprint density at radius 3 is 2.61 bits per heavy atom. The van der Waals surface area contributed by atoms with Crippen LogP contribution in [0, 0.1) is 28.6 Å². The Labute approximate surface area is 198 Å². The van der Waals surface area contributed by atoms with Crippen molar-refractivity contribution in [2.45, 2.75) is 102 Å². The number of fused-ring (bicyclic) bond motifs is 5. The van der Waals surface area contributed by atoms with E-state index in [4.69, 9.17) is 4.74 Å². The predicted molar refractivity (Wildman–Crippen MR) is 126 cm³/mol. The summed E-state index contributed by atoms with van der Waals surface area (Å²) in [5, 5.41) is 33.1. The molecule has 0 spiro atoms. The van der Waals surface area contributed by atoms with Crippen molar-refractivity contribution in [2.24, 2.45) is 28.6 Å². The van der Waals surface area contributed by atoms with Crippen molar-refractivity contribution in [1.29, 1.82) is 0 Å². The lowest BCUT2D eigenvalue weighted by Gasteiger charge is -2.60. The van der Waals surface area contributed by atoms with Crippen LogP contribution >= 0.6 is 0 Å². The molecule has 3 N–H and O–H groups in total. The molecule has 6 heteroatoms. The Morgan fingerprint density at radius 2 is 1.91 bits per heavy atom. The van der Waals surface area contributed by atoms with Gasteiger partial charge in [-0.05, 0) is 94.2 Å². The van der Waals surface area contributed by atoms with Crippen LogP contribution in [-0.2, 0) is 9.53 Å². The average Bonchev–Trinajstić information content (AvgIpc) is 3.35. The SMILES string of the molecule is CC(C1CC[C@@]2(O)C3=CC(=O)C4CC(O)C(O)CC4(C)C3CCC12C)N(C)CC1CCCO1. The summed E-state index contributed by atoms with van der Waals surface area (Å²) >= 11 is 0. The molecule has 6 nitrogen and oxygen atoms in total. The first-order valence-electron chi connectivity index (χ1n) is 13.2. The van der Waals surface area contributed by atoms with Crippen LogP contribution in [-0.4, -0.2) is 76.2 Å². The topological polar surface area (TPSA) is 90.2 Å². The van der Waals surface area contributed by atoms with Crippen molar-refractivity contribution in [3.05, 3.63) is 11.6 Å². The smallest absolute Gasteiger partial charge is 0.159 e. The molecule has 1 saturated heterocycles. The number of ketones is 1. The van der Waals surface area contributed by atoms with Crippen molar-refractivity contribution in [3.8, 4) is 0 Å². The maximum absolute atomic E-state index is 13.3. The van der Waals surface area contributed by atoms with Gasteiger partial charge in [-0.25, -0.2) is 0 Å². The molecule has 1 aliphatic heterocycles. The number of allylic oxidation sites excluding steroid dienone is 1. The molecule has 0 aromatic heterocycles. The van der Waals surface area contributed by atoms with Crippen molar-refractivity contribution in [1.82, 2.24) is 4.90 Å². The lowest BCUT2D eigenvalue weighted by atomic mass is 9.46. The fourth-order valence-electron chi connectivity index (χ4n) is 8.77. The fraction of sp³-hybridized carbons (Fsp3) is 0.889. The molecule has 1 heterocycles. The van der Waals surface area contributed by atoms with Gasteiger partial charge in [0, 0.05) is 30.5 Å². The van der Waals surface area contributed by atoms with E-state index in [0.29, 0.717) is 37.3 Å². The summed E-state index contributed by atoms with van der Waals surface area (Å²) in [6.07, 6.45) is 6.91. The van der Waals surface area contributed by atoms with Crippen LogP contribution < -0.4 is 0 Å². The molecule has 5 rings (SSSR count). The maximum Gasteiger partial charge on any atom is 0.159 e. The Kier molecular flexibility index (Phi) is 5.89. The second kappa shape index (κ2) is 8.12. The maximum atomic E-state index is 13.3. The van der Waals surface area contributed by atoms with Gasteiger partial charge in [-0.1, -0.05) is 13.8 Å². The molecule has 9 unspecified atom stereocenters. The van der Waals surface area contributed by atoms with E-state index in [-0.39, 0.29) is 23.0 Å². The molecule has 10 atom stereocenters. The van der Waals surface area contributed by atoms with Gasteiger partial charge in [0.2, 0.25) is 0 Å². The molecular formula is C27H43NO5. The number of aliphatic hydroxyl groups excluding tert-OH is 2. The van der Waals surface area contributed by atoms with Gasteiger partial charge < -0.3 is 25.0 Å². The number of carbonyl (C=O) groups is 1. The molecular weight excluding hydrogens is 418 g/mol. The van der Waals surface area contributed by atoms with Crippen LogP contribution in [0.1, 0.15) is 72.1 Å². The number of nitrogens with zero attached hydrogens (tertiary/aromatic N) is 1. The minimum atomic E-state index is -0.982. The van der Waals surface area contributed by atoms with Gasteiger partial charge in [-0.2, -0.15) is 0 Å². The van der Waals surface area contributed by atoms with Crippen LogP contribution in [0.4, 0.5) is 0 Å². The van der Waals surface area contributed by atoms with Crippen LogP contribution in [0.5, 0.6) is 0 Å². The highest BCUT2D eigenvalue weighted by molar-refractivity contribution is 5.95. The van der Waals surface area contributed by atoms with Gasteiger partial charge >= 0.3 is 0 Å². The third kappa shape index (κ3) is 3.42. The zero-order chi connectivity index (χ0) is 23.8. The first-order valence-corrected chi connectivity index (χ1v) is 13.2. The van der Waals surface area contributed by atoms with Gasteiger partial charge in [-0.3, -0.25) is 4.79 Å². The van der Waals surface area contributed by atoms with Crippen LogP contribution in [0.3, 0.4) is 0 Å². The largest absolute Gasteiger partial charge is 0.390 e. The number of carbonyl (C=O) groups excluding carboxylic acids is 1. The van der Waals surface area contributed by atoms with Gasteiger partial charge in [0.25, 0.3) is 0 Å². The molecule has 5 aliphatic rings. The van der Waals surface area contributed by atoms with E-state index >= 15 is 0 Å². The standard InChI is InChI=1S/C27H43NO5/c1-16(28(4)15-17-6-5-11-33-17)18-8-10-27(32)20-12-22(29)21-13-23(30)24(31)14-25(21,2)19(20)7-9-26(18,27)3/h12,16-19,21,23-24,30-32H,5-11,13-15H2,1-4H3/t16?,17?,18?,19?,21?,23?,24?,25?,26?,27-/m1/s1. The Morgan fingerprint density at radius 1 is 1.15 bits per heavy atom. The Hall–Kier alpha value is -0.790. The minimum Gasteiger partial charge on any atom is -0.390 e. The summed E-state index contributed by atoms with van der Waals surface area (Å²) in [4.78, 5) is 15.7. The lowest BCUT2D eigenvalue weighted by molar-refractivity contribution is -0.153. The minimum absolute atomic E-state index is 0.0272. The first-order chi connectivity index (χ1) is 15.5. The molecule has 0 radical (unpaired) electrons. The monoisotopic (exact) mass is 461 g/mol. The van der Waals surface area contributed by atoms with Crippen molar-refractivity contribution in [2.75, 3.05) is 20.2 Å². The lowest BCUT2D eigenvalue weighted by Crippen LogP contribution is -2.61. The average molecular weight is 462 g/mol. The zero-order valence-electron chi connectivity index (χ0n) is 20.8. The Balaban J connectivity index is 1.43. The van der Waals surface area contributed by atoms with Crippen molar-refractivity contribution >= 4 is 5.78 Å². The normalized spacial score (nSPS) is 50.5. The van der Waals surface area contributed by atoms with E-state index in [1.807, 2.05) is 0 Å². The number of hydrogen-bond donors (Lipinski definition) is 3. The van der Waals surface area contributed by atoms with Gasteiger partial charge in [0.15, 0.2) is 5.78 Å². The summed E-state index contributed by atoms with van der Waals surface area (Å²) in [6.45, 7) is 8.44. The number of hydrogen-bond acceptors (Lipinski definition) is 6. The van der Waals surface area contributed by atoms with E-state index in [1.165, 1.54) is 0 Å². The predicted octanol–water partition coefficient (Wildman–Crippen LogP) is 2.69. The van der Waals surface area contributed by atoms with E-state index < -0.39 is 23.2 Å². The highest BCUT2D eigenvalue weighted by Gasteiger charge is 2.67. The van der Waals surface area contributed by atoms with Gasteiger partial charge in [0.1, 0.15) is 0 Å².